The highest BCUT2D eigenvalue weighted by molar-refractivity contribution is 5.53. The largest absolute Gasteiger partial charge is 0.507 e. The highest BCUT2D eigenvalue weighted by Gasteiger charge is 2.33. The molecular formula is C11H11F3O2. The van der Waals surface area contributed by atoms with Crippen LogP contribution < -0.4 is 0 Å². The van der Waals surface area contributed by atoms with Crippen molar-refractivity contribution in [1.29, 1.82) is 0 Å². The van der Waals surface area contributed by atoms with Crippen molar-refractivity contribution in [3.8, 4) is 5.75 Å². The van der Waals surface area contributed by atoms with Crippen LogP contribution in [0.25, 0.3) is 6.08 Å². The van der Waals surface area contributed by atoms with E-state index in [1.807, 2.05) is 0 Å². The maximum atomic E-state index is 12.4. The van der Waals surface area contributed by atoms with Gasteiger partial charge in [-0.25, -0.2) is 0 Å². The summed E-state index contributed by atoms with van der Waals surface area (Å²) in [5.74, 6) is -0.785. The number of hydrogen-bond donors (Lipinski definition) is 2. The molecule has 5 heteroatoms. The number of aliphatic hydroxyl groups is 1. The van der Waals surface area contributed by atoms with E-state index in [-0.39, 0.29) is 6.61 Å². The molecule has 0 saturated carbocycles. The molecule has 0 aliphatic rings. The molecule has 0 heterocycles. The number of aromatic hydroxyl groups is 1. The molecule has 0 bridgehead atoms. The SMILES string of the molecule is OCCC=Cc1ccc(O)c(C(F)(F)F)c1. The standard InChI is InChI=1S/C11H11F3O2/c12-11(13,14)9-7-8(3-1-2-6-15)4-5-10(9)16/h1,3-5,7,15-16H,2,6H2. The van der Waals surface area contributed by atoms with Gasteiger partial charge in [0.25, 0.3) is 0 Å². The molecule has 16 heavy (non-hydrogen) atoms. The van der Waals surface area contributed by atoms with E-state index >= 15 is 0 Å². The molecule has 2 N–H and O–H groups in total. The Kier molecular flexibility index (Phi) is 3.95. The summed E-state index contributed by atoms with van der Waals surface area (Å²) in [6.45, 7) is -0.0548. The van der Waals surface area contributed by atoms with Crippen molar-refractivity contribution in [3.63, 3.8) is 0 Å². The molecule has 0 aliphatic heterocycles. The van der Waals surface area contributed by atoms with Gasteiger partial charge < -0.3 is 10.2 Å². The summed E-state index contributed by atoms with van der Waals surface area (Å²) in [7, 11) is 0. The minimum atomic E-state index is -4.56. The number of rotatable bonds is 3. The van der Waals surface area contributed by atoms with Crippen molar-refractivity contribution >= 4 is 6.08 Å². The summed E-state index contributed by atoms with van der Waals surface area (Å²) in [6, 6.07) is 3.24. The van der Waals surface area contributed by atoms with Gasteiger partial charge in [-0.1, -0.05) is 18.2 Å². The number of alkyl halides is 3. The third kappa shape index (κ3) is 3.27. The molecule has 0 spiro atoms. The van der Waals surface area contributed by atoms with E-state index in [2.05, 4.69) is 0 Å². The number of halogens is 3. The van der Waals surface area contributed by atoms with Crippen molar-refractivity contribution in [2.45, 2.75) is 12.6 Å². The quantitative estimate of drug-likeness (QED) is 0.841. The summed E-state index contributed by atoms with van der Waals surface area (Å²) in [6.07, 6.45) is -1.16. The molecule has 0 atom stereocenters. The van der Waals surface area contributed by atoms with E-state index in [0.717, 1.165) is 12.1 Å². The number of phenolic OH excluding ortho intramolecular Hbond substituents is 1. The zero-order valence-electron chi connectivity index (χ0n) is 8.33. The zero-order valence-corrected chi connectivity index (χ0v) is 8.33. The normalized spacial score (nSPS) is 12.2. The summed E-state index contributed by atoms with van der Waals surface area (Å²) in [5, 5.41) is 17.6. The number of phenols is 1. The monoisotopic (exact) mass is 232 g/mol. The Labute approximate surface area is 90.7 Å². The molecule has 0 saturated heterocycles. The number of hydrogen-bond acceptors (Lipinski definition) is 2. The first-order chi connectivity index (χ1) is 7.45. The molecule has 88 valence electrons. The molecular weight excluding hydrogens is 221 g/mol. The van der Waals surface area contributed by atoms with Gasteiger partial charge in [-0.15, -0.1) is 0 Å². The van der Waals surface area contributed by atoms with Gasteiger partial charge in [0.15, 0.2) is 0 Å². The Bertz CT molecular complexity index is 383. The van der Waals surface area contributed by atoms with E-state index in [9.17, 15) is 13.2 Å². The molecule has 1 aromatic rings. The molecule has 2 nitrogen and oxygen atoms in total. The first kappa shape index (κ1) is 12.6. The zero-order chi connectivity index (χ0) is 12.2. The van der Waals surface area contributed by atoms with Crippen LogP contribution in [0.3, 0.4) is 0 Å². The molecule has 1 rings (SSSR count). The molecule has 0 unspecified atom stereocenters. The molecule has 0 fully saturated rings. The first-order valence-electron chi connectivity index (χ1n) is 4.63. The van der Waals surface area contributed by atoms with Crippen molar-refractivity contribution in [2.24, 2.45) is 0 Å². The van der Waals surface area contributed by atoms with Crippen molar-refractivity contribution in [3.05, 3.63) is 35.4 Å². The van der Waals surface area contributed by atoms with E-state index in [1.54, 1.807) is 6.08 Å². The molecule has 0 radical (unpaired) electrons. The fourth-order valence-electron chi connectivity index (χ4n) is 1.18. The van der Waals surface area contributed by atoms with Crippen molar-refractivity contribution < 1.29 is 23.4 Å². The third-order valence-electron chi connectivity index (χ3n) is 1.93. The lowest BCUT2D eigenvalue weighted by Crippen LogP contribution is -2.05. The maximum absolute atomic E-state index is 12.4. The predicted octanol–water partition coefficient (Wildman–Crippen LogP) is 2.81. The van der Waals surface area contributed by atoms with Crippen LogP contribution in [-0.4, -0.2) is 16.8 Å². The third-order valence-corrected chi connectivity index (χ3v) is 1.93. The van der Waals surface area contributed by atoms with Gasteiger partial charge in [-0.3, -0.25) is 0 Å². The highest BCUT2D eigenvalue weighted by atomic mass is 19.4. The minimum Gasteiger partial charge on any atom is -0.507 e. The summed E-state index contributed by atoms with van der Waals surface area (Å²) in [5.41, 5.74) is -0.725. The fourth-order valence-corrected chi connectivity index (χ4v) is 1.18. The molecule has 0 aliphatic carbocycles. The van der Waals surface area contributed by atoms with Gasteiger partial charge >= 0.3 is 6.18 Å². The first-order valence-corrected chi connectivity index (χ1v) is 4.63. The smallest absolute Gasteiger partial charge is 0.419 e. The number of benzene rings is 1. The summed E-state index contributed by atoms with van der Waals surface area (Å²) < 4.78 is 37.2. The van der Waals surface area contributed by atoms with Gasteiger partial charge in [0.2, 0.25) is 0 Å². The second kappa shape index (κ2) is 5.03. The predicted molar refractivity (Wildman–Crippen MR) is 53.8 cm³/mol. The Hall–Kier alpha value is -1.49. The van der Waals surface area contributed by atoms with Gasteiger partial charge in [0.1, 0.15) is 5.75 Å². The molecule has 1 aromatic carbocycles. The van der Waals surface area contributed by atoms with E-state index < -0.39 is 17.5 Å². The Morgan fingerprint density at radius 2 is 1.94 bits per heavy atom. The fraction of sp³-hybridized carbons (Fsp3) is 0.273. The lowest BCUT2D eigenvalue weighted by molar-refractivity contribution is -0.138. The lowest BCUT2D eigenvalue weighted by atomic mass is 10.1. The van der Waals surface area contributed by atoms with E-state index in [1.165, 1.54) is 12.1 Å². The Morgan fingerprint density at radius 3 is 2.50 bits per heavy atom. The van der Waals surface area contributed by atoms with Gasteiger partial charge in [0, 0.05) is 6.61 Å². The molecule has 0 aromatic heterocycles. The topological polar surface area (TPSA) is 40.5 Å². The van der Waals surface area contributed by atoms with Gasteiger partial charge in [-0.05, 0) is 24.1 Å². The van der Waals surface area contributed by atoms with Crippen LogP contribution in [0.5, 0.6) is 5.75 Å². The van der Waals surface area contributed by atoms with Crippen LogP contribution in [0, 0.1) is 0 Å². The minimum absolute atomic E-state index is 0.0548. The van der Waals surface area contributed by atoms with Crippen LogP contribution in [0.15, 0.2) is 24.3 Å². The van der Waals surface area contributed by atoms with Crippen LogP contribution in [0.1, 0.15) is 17.5 Å². The van der Waals surface area contributed by atoms with Crippen LogP contribution >= 0.6 is 0 Å². The maximum Gasteiger partial charge on any atom is 0.419 e. The Morgan fingerprint density at radius 1 is 1.25 bits per heavy atom. The van der Waals surface area contributed by atoms with Crippen LogP contribution in [-0.2, 0) is 6.18 Å². The Balaban J connectivity index is 2.99. The number of aliphatic hydroxyl groups excluding tert-OH is 1. The van der Waals surface area contributed by atoms with Gasteiger partial charge in [-0.2, -0.15) is 13.2 Å². The van der Waals surface area contributed by atoms with Crippen molar-refractivity contribution in [1.82, 2.24) is 0 Å². The summed E-state index contributed by atoms with van der Waals surface area (Å²) in [4.78, 5) is 0. The van der Waals surface area contributed by atoms with Crippen molar-refractivity contribution in [2.75, 3.05) is 6.61 Å². The lowest BCUT2D eigenvalue weighted by Gasteiger charge is -2.09. The van der Waals surface area contributed by atoms with Crippen LogP contribution in [0.2, 0.25) is 0 Å². The highest BCUT2D eigenvalue weighted by Crippen LogP contribution is 2.36. The van der Waals surface area contributed by atoms with E-state index in [0.29, 0.717) is 12.0 Å². The average molecular weight is 232 g/mol. The second-order valence-electron chi connectivity index (χ2n) is 3.19. The van der Waals surface area contributed by atoms with Crippen LogP contribution in [0.4, 0.5) is 13.2 Å². The van der Waals surface area contributed by atoms with E-state index in [4.69, 9.17) is 10.2 Å². The molecule has 0 amide bonds. The van der Waals surface area contributed by atoms with Gasteiger partial charge in [0.05, 0.1) is 5.56 Å². The average Bonchev–Trinajstić information content (AvgIpc) is 2.19. The second-order valence-corrected chi connectivity index (χ2v) is 3.19. The summed E-state index contributed by atoms with van der Waals surface area (Å²) >= 11 is 0.